The first-order chi connectivity index (χ1) is 32.6. The maximum absolute atomic E-state index is 13.8. The number of halogens is 1. The van der Waals surface area contributed by atoms with Crippen LogP contribution >= 0.6 is 0 Å². The van der Waals surface area contributed by atoms with Gasteiger partial charge in [0.15, 0.2) is 5.78 Å². The predicted octanol–water partition coefficient (Wildman–Crippen LogP) is 12.2. The van der Waals surface area contributed by atoms with Gasteiger partial charge in [-0.1, -0.05) is 90.7 Å². The van der Waals surface area contributed by atoms with Crippen molar-refractivity contribution in [2.24, 2.45) is 81.8 Å². The summed E-state index contributed by atoms with van der Waals surface area (Å²) in [6, 6.07) is 32.0. The van der Waals surface area contributed by atoms with E-state index in [-0.39, 0.29) is 90.9 Å². The molecule has 73 heavy (non-hydrogen) atoms. The fraction of sp³-hybridized carbons (Fsp3) is 0.662. The summed E-state index contributed by atoms with van der Waals surface area (Å²) in [5, 5.41) is 27.5. The monoisotopic (exact) mass is 1070 g/mol. The maximum atomic E-state index is 13.8. The van der Waals surface area contributed by atoms with Gasteiger partial charge in [-0.3, -0.25) is 14.4 Å². The number of ketones is 1. The minimum Gasteiger partial charge on any atom is -1.00 e. The van der Waals surface area contributed by atoms with E-state index in [4.69, 9.17) is 4.84 Å². The summed E-state index contributed by atoms with van der Waals surface area (Å²) in [7, 11) is 3.34. The van der Waals surface area contributed by atoms with Crippen LogP contribution in [-0.4, -0.2) is 75.4 Å². The van der Waals surface area contributed by atoms with Gasteiger partial charge in [-0.05, 0) is 216 Å². The minimum absolute atomic E-state index is 0. The molecule has 16 atom stereocenters. The Balaban J connectivity index is 0.000000217. The fourth-order valence-corrected chi connectivity index (χ4v) is 17.9. The third-order valence-electron chi connectivity index (χ3n) is 21.3. The Labute approximate surface area is 469 Å². The molecular formula is C65H94BrMgNO5. The van der Waals surface area contributed by atoms with Crippen LogP contribution in [0.15, 0.2) is 84.9 Å². The van der Waals surface area contributed by atoms with Gasteiger partial charge in [-0.25, -0.2) is 5.06 Å². The van der Waals surface area contributed by atoms with Crippen LogP contribution in [0, 0.1) is 87.9 Å². The number of rotatable bonds is 4. The van der Waals surface area contributed by atoms with E-state index in [1.54, 1.807) is 14.2 Å². The summed E-state index contributed by atoms with van der Waals surface area (Å²) >= 11 is 0. The van der Waals surface area contributed by atoms with Gasteiger partial charge in [0.2, 0.25) is 5.91 Å². The van der Waals surface area contributed by atoms with Crippen LogP contribution in [0.25, 0.3) is 21.5 Å². The van der Waals surface area contributed by atoms with Crippen molar-refractivity contribution < 1.29 is 41.6 Å². The van der Waals surface area contributed by atoms with Crippen molar-refractivity contribution in [2.75, 3.05) is 14.2 Å². The molecule has 0 heterocycles. The number of carbonyl (C=O) groups is 2. The maximum Gasteiger partial charge on any atom is 2.00 e. The van der Waals surface area contributed by atoms with Crippen LogP contribution in [0.2, 0.25) is 0 Å². The third kappa shape index (κ3) is 11.9. The van der Waals surface area contributed by atoms with Gasteiger partial charge in [-0.2, -0.15) is 24.3 Å². The van der Waals surface area contributed by atoms with Crippen molar-refractivity contribution in [1.29, 1.82) is 0 Å². The Morgan fingerprint density at radius 1 is 0.562 bits per heavy atom. The molecule has 12 rings (SSSR count). The van der Waals surface area contributed by atoms with Gasteiger partial charge in [0.25, 0.3) is 0 Å². The van der Waals surface area contributed by atoms with Gasteiger partial charge in [0, 0.05) is 24.4 Å². The summed E-state index contributed by atoms with van der Waals surface area (Å²) in [5.41, 5.74) is 0.347. The average Bonchev–Trinajstić information content (AvgIpc) is 3.89. The Morgan fingerprint density at radius 3 is 1.55 bits per heavy atom. The fourth-order valence-electron chi connectivity index (χ4n) is 17.9. The number of aliphatic hydroxyl groups is 2. The molecule has 4 aromatic carbocycles. The molecule has 0 radical (unpaired) electrons. The molecule has 0 aliphatic heterocycles. The molecule has 0 aromatic heterocycles. The van der Waals surface area contributed by atoms with Crippen molar-refractivity contribution in [2.45, 2.75) is 177 Å². The SMILES string of the molecule is C.C.C.CON(C)C(=O)[C@H]1CC[C@H]2[C@@H]3CC[C@@H]4C[C@](C)(O)CC[C@@H]4[C@H]3CC[C@]12C.C[C@@]1(O)CC[C@H]2[C@H](CC[C@@H]3[C@@H]2CC[C@]2(C)[C@@H](C(=O)c4ccc5ccccc5c4)CC[C@@H]32)C1.[Br-].[Mg+2].[c-]1ccc2ccccc2c1. The van der Waals surface area contributed by atoms with Crippen molar-refractivity contribution >= 4 is 56.3 Å². The Bertz CT molecular complexity index is 2390. The minimum atomic E-state index is -0.443. The van der Waals surface area contributed by atoms with Crippen molar-refractivity contribution in [3.05, 3.63) is 96.6 Å². The first kappa shape index (κ1) is 61.5. The van der Waals surface area contributed by atoms with E-state index in [9.17, 15) is 19.8 Å². The smallest absolute Gasteiger partial charge is 1.00 e. The van der Waals surface area contributed by atoms with E-state index in [2.05, 4.69) is 80.6 Å². The molecule has 0 bridgehead atoms. The van der Waals surface area contributed by atoms with Gasteiger partial charge in [0.1, 0.15) is 0 Å². The summed E-state index contributed by atoms with van der Waals surface area (Å²) in [5.74, 6) is 8.61. The molecule has 398 valence electrons. The molecule has 8 saturated carbocycles. The molecule has 0 unspecified atom stereocenters. The number of amides is 1. The predicted molar refractivity (Wildman–Crippen MR) is 299 cm³/mol. The van der Waals surface area contributed by atoms with Crippen LogP contribution in [0.3, 0.4) is 0 Å². The number of carbonyl (C=O) groups excluding carboxylic acids is 2. The normalized spacial score (nSPS) is 38.4. The van der Waals surface area contributed by atoms with Crippen molar-refractivity contribution in [3.63, 3.8) is 0 Å². The molecule has 8 aliphatic carbocycles. The van der Waals surface area contributed by atoms with Gasteiger partial charge in [-0.15, -0.1) is 16.8 Å². The number of Topliss-reactive ketones (excluding diaryl/α,β-unsaturated/α-hetero) is 1. The van der Waals surface area contributed by atoms with Crippen molar-refractivity contribution in [1.82, 2.24) is 5.06 Å². The Morgan fingerprint density at radius 2 is 1.03 bits per heavy atom. The quantitative estimate of drug-likeness (QED) is 0.0920. The first-order valence-corrected chi connectivity index (χ1v) is 27.2. The van der Waals surface area contributed by atoms with Crippen LogP contribution in [0.4, 0.5) is 0 Å². The van der Waals surface area contributed by atoms with E-state index < -0.39 is 11.2 Å². The Kier molecular flexibility index (Phi) is 20.7. The second kappa shape index (κ2) is 24.6. The molecule has 8 aliphatic rings. The van der Waals surface area contributed by atoms with E-state index in [0.717, 1.165) is 91.4 Å². The van der Waals surface area contributed by atoms with Gasteiger partial charge >= 0.3 is 23.1 Å². The molecule has 8 fully saturated rings. The number of fused-ring (bicyclic) bond motifs is 12. The largest absolute Gasteiger partial charge is 2.00 e. The first-order valence-electron chi connectivity index (χ1n) is 27.2. The summed E-state index contributed by atoms with van der Waals surface area (Å²) < 4.78 is 0. The second-order valence-electron chi connectivity index (χ2n) is 24.9. The van der Waals surface area contributed by atoms with E-state index in [0.29, 0.717) is 17.6 Å². The van der Waals surface area contributed by atoms with E-state index in [1.807, 2.05) is 38.1 Å². The van der Waals surface area contributed by atoms with Crippen molar-refractivity contribution in [3.8, 4) is 0 Å². The van der Waals surface area contributed by atoms with Crippen LogP contribution in [-0.2, 0) is 9.63 Å². The summed E-state index contributed by atoms with van der Waals surface area (Å²) in [6.07, 6.45) is 21.1. The topological polar surface area (TPSA) is 87.1 Å². The van der Waals surface area contributed by atoms with E-state index >= 15 is 0 Å². The summed E-state index contributed by atoms with van der Waals surface area (Å²) in [6.45, 7) is 8.94. The molecule has 4 aromatic rings. The third-order valence-corrected chi connectivity index (χ3v) is 21.3. The van der Waals surface area contributed by atoms with Crippen LogP contribution in [0.5, 0.6) is 0 Å². The van der Waals surface area contributed by atoms with Crippen LogP contribution < -0.4 is 17.0 Å². The summed E-state index contributed by atoms with van der Waals surface area (Å²) in [4.78, 5) is 31.9. The Hall–Kier alpha value is -2.33. The van der Waals surface area contributed by atoms with E-state index in [1.165, 1.54) is 104 Å². The van der Waals surface area contributed by atoms with Gasteiger partial charge in [0.05, 0.1) is 18.3 Å². The zero-order valence-corrected chi connectivity index (χ0v) is 46.4. The number of hydrogen-bond donors (Lipinski definition) is 2. The number of hydrogen-bond acceptors (Lipinski definition) is 5. The standard InChI is InChI=1S/C30H38O2.C22H37NO3.C10H7.3CH4.BrH.Mg/c1-29(32)15-13-23-22(18-29)9-10-25-24(23)14-16-30(2)26(25)11-12-27(30)28(31)21-8-7-19-5-3-4-6-20(19)17-21;1-21(25)11-9-15-14(13-21)5-6-17-16(15)10-12-22(2)18(17)7-8-19(22)20(24)23(3)26-4;1-2-6-10-8-4-3-7-9(10)5-1;;;;;/h3-8,17,22-27,32H,9-16,18H2,1-2H3;14-19,25H,5-13H2,1-4H3;1-3,5-8H;3*1H4;1H;/q;;-1;;;;;+2/p-1/t22-,23+,24-,25-,26+,27-,29-,30+;14-,15+,16-,17-,18+,19-,21-,22+;;;;;;/m11....../s1. The number of hydroxylamine groups is 2. The molecule has 2 N–H and O–H groups in total. The van der Waals surface area contributed by atoms with Gasteiger partial charge < -0.3 is 27.2 Å². The molecule has 0 saturated heterocycles. The molecule has 0 spiro atoms. The van der Waals surface area contributed by atoms with Crippen LogP contribution in [0.1, 0.15) is 176 Å². The average molecular weight is 1070 g/mol. The second-order valence-corrected chi connectivity index (χ2v) is 24.9. The molecule has 1 amide bonds. The number of benzene rings is 4. The molecular weight excluding hydrogens is 979 g/mol. The zero-order valence-electron chi connectivity index (χ0n) is 43.4. The molecule has 6 nitrogen and oxygen atoms in total. The molecule has 8 heteroatoms. The zero-order chi connectivity index (χ0) is 47.6. The number of nitrogens with zero attached hydrogens (tertiary/aromatic N) is 1.